The molecular weight excluding hydrogens is 295 g/mol. The normalized spacial score (nSPS) is 32.9. The number of rotatable bonds is 2. The van der Waals surface area contributed by atoms with Gasteiger partial charge in [0.05, 0.1) is 5.02 Å². The van der Waals surface area contributed by atoms with Crippen LogP contribution in [-0.2, 0) is 0 Å². The molecule has 0 amide bonds. The van der Waals surface area contributed by atoms with E-state index in [1.54, 1.807) is 6.92 Å². The highest BCUT2D eigenvalue weighted by atomic mass is 35.5. The van der Waals surface area contributed by atoms with Crippen LogP contribution in [0.2, 0.25) is 5.02 Å². The maximum Gasteiger partial charge on any atom is 0.144 e. The van der Waals surface area contributed by atoms with E-state index in [4.69, 9.17) is 11.6 Å². The van der Waals surface area contributed by atoms with Gasteiger partial charge in [-0.15, -0.1) is 0 Å². The summed E-state index contributed by atoms with van der Waals surface area (Å²) in [6, 6.07) is 3.93. The summed E-state index contributed by atoms with van der Waals surface area (Å²) in [4.78, 5) is 0. The molecule has 1 aromatic rings. The molecule has 0 unspecified atom stereocenters. The van der Waals surface area contributed by atoms with Crippen molar-refractivity contribution in [2.75, 3.05) is 0 Å². The van der Waals surface area contributed by atoms with Crippen LogP contribution in [0.15, 0.2) is 12.1 Å². The Hall–Kier alpha value is -0.560. The third-order valence-corrected chi connectivity index (χ3v) is 6.63. The van der Waals surface area contributed by atoms with E-state index in [9.17, 15) is 4.39 Å². The molecule has 2 aliphatic rings. The molecule has 0 bridgehead atoms. The van der Waals surface area contributed by atoms with Gasteiger partial charge in [0.1, 0.15) is 5.82 Å². The van der Waals surface area contributed by atoms with Gasteiger partial charge in [0.25, 0.3) is 0 Å². The number of halogens is 2. The molecule has 0 atom stereocenters. The second kappa shape index (κ2) is 6.91. The Morgan fingerprint density at radius 3 is 2.09 bits per heavy atom. The van der Waals surface area contributed by atoms with Gasteiger partial charge in [-0.2, -0.15) is 0 Å². The number of hydrogen-bond donors (Lipinski definition) is 0. The Labute approximate surface area is 142 Å². The minimum atomic E-state index is -0.220. The highest BCUT2D eigenvalue weighted by molar-refractivity contribution is 6.31. The van der Waals surface area contributed by atoms with Crippen LogP contribution in [0.3, 0.4) is 0 Å². The standard InChI is InChI=1S/C20H28ClF.2H2/c1-13-3-6-15(7-4-13)16-8-10-17(11-9-16)18-12-5-14(2)20(22)19(18)21;;/h5,12-13,15-17H,3-4,6-11H2,1-2H3;2*1H. The third-order valence-electron chi connectivity index (χ3n) is 6.24. The number of benzene rings is 1. The van der Waals surface area contributed by atoms with Gasteiger partial charge in [-0.05, 0) is 80.2 Å². The lowest BCUT2D eigenvalue weighted by Gasteiger charge is -2.37. The minimum absolute atomic E-state index is 0. The average molecular weight is 327 g/mol. The molecular formula is C20H32ClF. The second-order valence-electron chi connectivity index (χ2n) is 7.73. The van der Waals surface area contributed by atoms with Gasteiger partial charge in [0.15, 0.2) is 0 Å². The maximum absolute atomic E-state index is 14.0. The van der Waals surface area contributed by atoms with Gasteiger partial charge in [0.2, 0.25) is 0 Å². The Morgan fingerprint density at radius 2 is 1.50 bits per heavy atom. The van der Waals surface area contributed by atoms with Crippen molar-refractivity contribution in [3.05, 3.63) is 34.1 Å². The van der Waals surface area contributed by atoms with Crippen LogP contribution >= 0.6 is 11.6 Å². The quantitative estimate of drug-likeness (QED) is 0.531. The number of hydrogen-bond acceptors (Lipinski definition) is 0. The second-order valence-corrected chi connectivity index (χ2v) is 8.11. The van der Waals surface area contributed by atoms with E-state index in [0.29, 0.717) is 16.5 Å². The molecule has 0 radical (unpaired) electrons. The molecule has 0 nitrogen and oxygen atoms in total. The summed E-state index contributed by atoms with van der Waals surface area (Å²) < 4.78 is 14.0. The Morgan fingerprint density at radius 1 is 0.955 bits per heavy atom. The third kappa shape index (κ3) is 3.35. The van der Waals surface area contributed by atoms with Crippen molar-refractivity contribution in [3.63, 3.8) is 0 Å². The van der Waals surface area contributed by atoms with E-state index in [0.717, 1.165) is 23.3 Å². The van der Waals surface area contributed by atoms with Crippen molar-refractivity contribution in [2.45, 2.75) is 71.1 Å². The van der Waals surface area contributed by atoms with Crippen molar-refractivity contribution in [1.29, 1.82) is 0 Å². The molecule has 126 valence electrons. The first-order valence-electron chi connectivity index (χ1n) is 9.00. The molecule has 0 spiro atoms. The first-order chi connectivity index (χ1) is 10.6. The smallest absolute Gasteiger partial charge is 0.144 e. The van der Waals surface area contributed by atoms with Gasteiger partial charge in [-0.25, -0.2) is 4.39 Å². The van der Waals surface area contributed by atoms with Crippen molar-refractivity contribution >= 4 is 11.6 Å². The van der Waals surface area contributed by atoms with E-state index in [2.05, 4.69) is 6.92 Å². The van der Waals surface area contributed by atoms with E-state index < -0.39 is 0 Å². The maximum atomic E-state index is 14.0. The van der Waals surface area contributed by atoms with Gasteiger partial charge < -0.3 is 0 Å². The molecule has 2 aliphatic carbocycles. The zero-order valence-corrected chi connectivity index (χ0v) is 14.6. The summed E-state index contributed by atoms with van der Waals surface area (Å²) in [7, 11) is 0. The predicted molar refractivity (Wildman–Crippen MR) is 96.2 cm³/mol. The minimum Gasteiger partial charge on any atom is -0.205 e. The number of aryl methyl sites for hydroxylation is 1. The van der Waals surface area contributed by atoms with Crippen molar-refractivity contribution < 1.29 is 7.24 Å². The van der Waals surface area contributed by atoms with Crippen LogP contribution in [0.25, 0.3) is 0 Å². The van der Waals surface area contributed by atoms with E-state index in [-0.39, 0.29) is 8.67 Å². The summed E-state index contributed by atoms with van der Waals surface area (Å²) >= 11 is 6.26. The van der Waals surface area contributed by atoms with E-state index >= 15 is 0 Å². The van der Waals surface area contributed by atoms with Crippen LogP contribution < -0.4 is 0 Å². The van der Waals surface area contributed by atoms with Crippen LogP contribution in [0.4, 0.5) is 4.39 Å². The average Bonchev–Trinajstić information content (AvgIpc) is 2.54. The summed E-state index contributed by atoms with van der Waals surface area (Å²) in [5.74, 6) is 3.02. The summed E-state index contributed by atoms with van der Waals surface area (Å²) in [6.07, 6.45) is 10.6. The molecule has 2 saturated carbocycles. The van der Waals surface area contributed by atoms with Crippen LogP contribution in [0.1, 0.15) is 78.2 Å². The zero-order valence-electron chi connectivity index (χ0n) is 13.9. The molecule has 22 heavy (non-hydrogen) atoms. The van der Waals surface area contributed by atoms with Gasteiger partial charge >= 0.3 is 0 Å². The Balaban J connectivity index is 0.00000144. The monoisotopic (exact) mass is 326 g/mol. The highest BCUT2D eigenvalue weighted by Crippen LogP contribution is 2.45. The predicted octanol–water partition coefficient (Wildman–Crippen LogP) is 7.38. The topological polar surface area (TPSA) is 0 Å². The molecule has 0 saturated heterocycles. The van der Waals surface area contributed by atoms with Crippen LogP contribution in [-0.4, -0.2) is 0 Å². The molecule has 0 heterocycles. The zero-order chi connectivity index (χ0) is 15.7. The fourth-order valence-electron chi connectivity index (χ4n) is 4.64. The fourth-order valence-corrected chi connectivity index (χ4v) is 5.00. The molecule has 0 aliphatic heterocycles. The highest BCUT2D eigenvalue weighted by Gasteiger charge is 2.31. The Kier molecular flexibility index (Phi) is 5.12. The lowest BCUT2D eigenvalue weighted by molar-refractivity contribution is 0.165. The van der Waals surface area contributed by atoms with Crippen molar-refractivity contribution in [1.82, 2.24) is 0 Å². The molecule has 3 rings (SSSR count). The lowest BCUT2D eigenvalue weighted by atomic mass is 9.68. The Bertz CT molecular complexity index is 519. The molecule has 2 heteroatoms. The molecule has 2 fully saturated rings. The van der Waals surface area contributed by atoms with Crippen molar-refractivity contribution in [3.8, 4) is 0 Å². The SMILES string of the molecule is Cc1ccc(C2CCC(C3CCC(C)CC3)CC2)c(Cl)c1F.[HH].[HH]. The van der Waals surface area contributed by atoms with Crippen LogP contribution in [0.5, 0.6) is 0 Å². The van der Waals surface area contributed by atoms with Gasteiger partial charge in [0, 0.05) is 2.85 Å². The first kappa shape index (κ1) is 16.3. The lowest BCUT2D eigenvalue weighted by Crippen LogP contribution is -2.24. The van der Waals surface area contributed by atoms with Crippen LogP contribution in [0, 0.1) is 30.5 Å². The van der Waals surface area contributed by atoms with E-state index in [1.807, 2.05) is 12.1 Å². The summed E-state index contributed by atoms with van der Waals surface area (Å²) in [6.45, 7) is 4.17. The molecule has 0 N–H and O–H groups in total. The first-order valence-corrected chi connectivity index (χ1v) is 9.38. The van der Waals surface area contributed by atoms with E-state index in [1.165, 1.54) is 51.4 Å². The van der Waals surface area contributed by atoms with Gasteiger partial charge in [-0.3, -0.25) is 0 Å². The summed E-state index contributed by atoms with van der Waals surface area (Å²) in [5.41, 5.74) is 1.69. The largest absolute Gasteiger partial charge is 0.205 e. The molecule has 1 aromatic carbocycles. The summed E-state index contributed by atoms with van der Waals surface area (Å²) in [5, 5.41) is 0.370. The fraction of sp³-hybridized carbons (Fsp3) is 0.700. The van der Waals surface area contributed by atoms with Crippen molar-refractivity contribution in [2.24, 2.45) is 17.8 Å². The van der Waals surface area contributed by atoms with Gasteiger partial charge in [-0.1, -0.05) is 43.5 Å². The molecule has 0 aromatic heterocycles.